The second-order valence-electron chi connectivity index (χ2n) is 6.47. The fourth-order valence-electron chi connectivity index (χ4n) is 2.00. The minimum Gasteiger partial charge on any atom is -0.468 e. The Morgan fingerprint density at radius 1 is 1.29 bits per heavy atom. The van der Waals surface area contributed by atoms with E-state index in [0.29, 0.717) is 6.54 Å². The van der Waals surface area contributed by atoms with Crippen LogP contribution in [0, 0.1) is 0 Å². The van der Waals surface area contributed by atoms with E-state index in [1.165, 1.54) is 7.11 Å². The molecule has 0 aromatic heterocycles. The molecule has 2 N–H and O–H groups in total. The molecule has 7 heteroatoms. The van der Waals surface area contributed by atoms with E-state index < -0.39 is 23.7 Å². The van der Waals surface area contributed by atoms with Crippen LogP contribution in [0.1, 0.15) is 39.3 Å². The van der Waals surface area contributed by atoms with Gasteiger partial charge in [-0.1, -0.05) is 28.1 Å². The molecule has 0 aliphatic rings. The van der Waals surface area contributed by atoms with Crippen LogP contribution in [0.15, 0.2) is 28.7 Å². The number of alkyl carbamates (subject to hydrolysis) is 1. The Morgan fingerprint density at radius 3 is 2.50 bits per heavy atom. The Bertz CT molecular complexity index is 572. The van der Waals surface area contributed by atoms with Crippen molar-refractivity contribution in [1.29, 1.82) is 0 Å². The highest BCUT2D eigenvalue weighted by atomic mass is 79.9. The van der Waals surface area contributed by atoms with E-state index in [-0.39, 0.29) is 6.04 Å². The lowest BCUT2D eigenvalue weighted by Crippen LogP contribution is -2.44. The molecule has 2 atom stereocenters. The second kappa shape index (κ2) is 9.03. The number of rotatable bonds is 6. The molecule has 0 heterocycles. The number of benzene rings is 1. The molecule has 1 rings (SSSR count). The van der Waals surface area contributed by atoms with Crippen molar-refractivity contribution < 1.29 is 19.1 Å². The summed E-state index contributed by atoms with van der Waals surface area (Å²) in [6.45, 7) is 7.61. The molecule has 0 bridgehead atoms. The van der Waals surface area contributed by atoms with Crippen molar-refractivity contribution in [3.8, 4) is 0 Å². The normalized spacial score (nSPS) is 13.8. The first-order chi connectivity index (χ1) is 11.1. The maximum atomic E-state index is 12.0. The molecular weight excluding hydrogens is 376 g/mol. The van der Waals surface area contributed by atoms with Crippen molar-refractivity contribution in [3.63, 3.8) is 0 Å². The van der Waals surface area contributed by atoms with Gasteiger partial charge in [0.15, 0.2) is 0 Å². The Hall–Kier alpha value is -1.60. The number of ether oxygens (including phenoxy) is 2. The number of carbonyl (C=O) groups excluding carboxylic acids is 2. The van der Waals surface area contributed by atoms with Gasteiger partial charge in [0.1, 0.15) is 11.6 Å². The first-order valence-electron chi connectivity index (χ1n) is 7.68. The van der Waals surface area contributed by atoms with E-state index in [2.05, 4.69) is 26.6 Å². The van der Waals surface area contributed by atoms with Gasteiger partial charge in [0.25, 0.3) is 0 Å². The molecule has 24 heavy (non-hydrogen) atoms. The molecule has 0 radical (unpaired) electrons. The maximum absolute atomic E-state index is 12.0. The summed E-state index contributed by atoms with van der Waals surface area (Å²) >= 11 is 3.39. The van der Waals surface area contributed by atoms with Gasteiger partial charge in [-0.05, 0) is 45.4 Å². The van der Waals surface area contributed by atoms with Crippen molar-refractivity contribution in [2.75, 3.05) is 13.7 Å². The molecule has 0 aliphatic heterocycles. The second-order valence-corrected chi connectivity index (χ2v) is 7.38. The average Bonchev–Trinajstić information content (AvgIpc) is 2.45. The van der Waals surface area contributed by atoms with Gasteiger partial charge in [0.2, 0.25) is 0 Å². The van der Waals surface area contributed by atoms with Crippen molar-refractivity contribution in [2.45, 2.75) is 45.4 Å². The van der Waals surface area contributed by atoms with Crippen LogP contribution in [0.2, 0.25) is 0 Å². The van der Waals surface area contributed by atoms with Crippen LogP contribution in [-0.4, -0.2) is 37.4 Å². The third-order valence-corrected chi connectivity index (χ3v) is 3.50. The van der Waals surface area contributed by atoms with E-state index >= 15 is 0 Å². The van der Waals surface area contributed by atoms with Gasteiger partial charge in [-0.2, -0.15) is 0 Å². The topological polar surface area (TPSA) is 76.7 Å². The monoisotopic (exact) mass is 400 g/mol. The number of halogens is 1. The van der Waals surface area contributed by atoms with Crippen LogP contribution >= 0.6 is 15.9 Å². The molecule has 0 fully saturated rings. The molecule has 1 aromatic rings. The van der Waals surface area contributed by atoms with Gasteiger partial charge in [0.05, 0.1) is 7.11 Å². The summed E-state index contributed by atoms with van der Waals surface area (Å²) in [4.78, 5) is 23.8. The number of methoxy groups -OCH3 is 1. The number of carbonyl (C=O) groups is 2. The van der Waals surface area contributed by atoms with Gasteiger partial charge in [-0.25, -0.2) is 9.59 Å². The van der Waals surface area contributed by atoms with Crippen molar-refractivity contribution in [3.05, 3.63) is 34.3 Å². The van der Waals surface area contributed by atoms with Gasteiger partial charge in [-0.15, -0.1) is 0 Å². The zero-order chi connectivity index (χ0) is 18.3. The highest BCUT2D eigenvalue weighted by Gasteiger charge is 2.23. The standard InChI is InChI=1S/C17H25BrN2O4/c1-11(20-16(22)24-17(2,3)4)10-19-14(15(21)23-5)12-7-6-8-13(18)9-12/h6-9,11,14,19H,10H2,1-5H3,(H,20,22). The lowest BCUT2D eigenvalue weighted by molar-refractivity contribution is -0.143. The van der Waals surface area contributed by atoms with Gasteiger partial charge in [0, 0.05) is 17.1 Å². The fraction of sp³-hybridized carbons (Fsp3) is 0.529. The lowest BCUT2D eigenvalue weighted by atomic mass is 10.1. The predicted octanol–water partition coefficient (Wildman–Crippen LogP) is 3.17. The highest BCUT2D eigenvalue weighted by molar-refractivity contribution is 9.10. The van der Waals surface area contributed by atoms with Crippen LogP contribution in [0.3, 0.4) is 0 Å². The maximum Gasteiger partial charge on any atom is 0.407 e. The van der Waals surface area contributed by atoms with Crippen LogP contribution in [0.25, 0.3) is 0 Å². The molecule has 0 saturated carbocycles. The summed E-state index contributed by atoms with van der Waals surface area (Å²) in [5.41, 5.74) is 0.225. The molecule has 0 aliphatic carbocycles. The van der Waals surface area contributed by atoms with E-state index in [4.69, 9.17) is 9.47 Å². The molecule has 6 nitrogen and oxygen atoms in total. The zero-order valence-corrected chi connectivity index (χ0v) is 16.3. The third kappa shape index (κ3) is 7.31. The SMILES string of the molecule is COC(=O)C(NCC(C)NC(=O)OC(C)(C)C)c1cccc(Br)c1. The highest BCUT2D eigenvalue weighted by Crippen LogP contribution is 2.19. The molecule has 1 aromatic carbocycles. The number of hydrogen-bond donors (Lipinski definition) is 2. The Morgan fingerprint density at radius 2 is 1.96 bits per heavy atom. The van der Waals surface area contributed by atoms with Crippen LogP contribution in [0.4, 0.5) is 4.79 Å². The molecule has 0 spiro atoms. The Balaban J connectivity index is 2.65. The minimum atomic E-state index is -0.615. The first-order valence-corrected chi connectivity index (χ1v) is 8.48. The molecular formula is C17H25BrN2O4. The van der Waals surface area contributed by atoms with E-state index in [0.717, 1.165) is 10.0 Å². The lowest BCUT2D eigenvalue weighted by Gasteiger charge is -2.23. The van der Waals surface area contributed by atoms with Crippen LogP contribution in [0.5, 0.6) is 0 Å². The summed E-state index contributed by atoms with van der Waals surface area (Å²) in [7, 11) is 1.34. The largest absolute Gasteiger partial charge is 0.468 e. The van der Waals surface area contributed by atoms with Crippen LogP contribution < -0.4 is 10.6 Å². The van der Waals surface area contributed by atoms with Gasteiger partial charge >= 0.3 is 12.1 Å². The summed E-state index contributed by atoms with van der Waals surface area (Å²) < 4.78 is 10.9. The quantitative estimate of drug-likeness (QED) is 0.717. The third-order valence-electron chi connectivity index (χ3n) is 3.01. The number of amides is 1. The van der Waals surface area contributed by atoms with Crippen molar-refractivity contribution >= 4 is 28.0 Å². The molecule has 2 unspecified atom stereocenters. The first kappa shape index (κ1) is 20.4. The summed E-state index contributed by atoms with van der Waals surface area (Å²) in [6.07, 6.45) is -0.492. The van der Waals surface area contributed by atoms with E-state index in [9.17, 15) is 9.59 Å². The van der Waals surface area contributed by atoms with Crippen molar-refractivity contribution in [1.82, 2.24) is 10.6 Å². The van der Waals surface area contributed by atoms with E-state index in [1.807, 2.05) is 31.2 Å². The Kier molecular flexibility index (Phi) is 7.69. The summed E-state index contributed by atoms with van der Waals surface area (Å²) in [5, 5.41) is 5.84. The smallest absolute Gasteiger partial charge is 0.407 e. The predicted molar refractivity (Wildman–Crippen MR) is 95.7 cm³/mol. The molecule has 134 valence electrons. The summed E-state index contributed by atoms with van der Waals surface area (Å²) in [5.74, 6) is -0.391. The molecule has 1 amide bonds. The minimum absolute atomic E-state index is 0.223. The number of esters is 1. The fourth-order valence-corrected chi connectivity index (χ4v) is 2.41. The van der Waals surface area contributed by atoms with Crippen molar-refractivity contribution in [2.24, 2.45) is 0 Å². The number of nitrogens with one attached hydrogen (secondary N) is 2. The zero-order valence-electron chi connectivity index (χ0n) is 14.7. The van der Waals surface area contributed by atoms with Gasteiger partial charge in [-0.3, -0.25) is 5.32 Å². The van der Waals surface area contributed by atoms with Crippen LogP contribution in [-0.2, 0) is 14.3 Å². The number of hydrogen-bond acceptors (Lipinski definition) is 5. The van der Waals surface area contributed by atoms with E-state index in [1.54, 1.807) is 20.8 Å². The average molecular weight is 401 g/mol. The molecule has 0 saturated heterocycles. The Labute approximate surface area is 151 Å². The van der Waals surface area contributed by atoms with Gasteiger partial charge < -0.3 is 14.8 Å². The summed E-state index contributed by atoms with van der Waals surface area (Å²) in [6, 6.07) is 6.57.